The van der Waals surface area contributed by atoms with Crippen LogP contribution in [0.25, 0.3) is 0 Å². The first kappa shape index (κ1) is 17.0. The number of ether oxygens (including phenoxy) is 3. The van der Waals surface area contributed by atoms with Gasteiger partial charge in [-0.25, -0.2) is 4.79 Å². The Balaban J connectivity index is 2.23. The van der Waals surface area contributed by atoms with Crippen molar-refractivity contribution in [2.24, 2.45) is 0 Å². The lowest BCUT2D eigenvalue weighted by atomic mass is 9.90. The molecule has 1 unspecified atom stereocenters. The Hall–Kier alpha value is -1.40. The molecule has 1 aromatic carbocycles. The summed E-state index contributed by atoms with van der Waals surface area (Å²) in [5, 5.41) is 0. The first-order valence-electron chi connectivity index (χ1n) is 7.01. The van der Waals surface area contributed by atoms with Crippen molar-refractivity contribution in [2.75, 3.05) is 7.11 Å². The Bertz CT molecular complexity index is 566. The zero-order valence-electron chi connectivity index (χ0n) is 12.8. The molecule has 0 bridgehead atoms. The molecule has 0 spiro atoms. The van der Waals surface area contributed by atoms with Crippen LogP contribution in [-0.2, 0) is 30.2 Å². The fourth-order valence-corrected chi connectivity index (χ4v) is 2.80. The van der Waals surface area contributed by atoms with E-state index in [1.807, 2.05) is 24.3 Å². The van der Waals surface area contributed by atoms with Crippen molar-refractivity contribution in [1.82, 2.24) is 0 Å². The molecular weight excluding hydrogens is 352 g/mol. The molecule has 1 aliphatic rings. The summed E-state index contributed by atoms with van der Waals surface area (Å²) in [6, 6.07) is 7.61. The number of hydrogen-bond acceptors (Lipinski definition) is 5. The van der Waals surface area contributed by atoms with Gasteiger partial charge in [0, 0.05) is 31.2 Å². The average Bonchev–Trinajstić information content (AvgIpc) is 2.68. The van der Waals surface area contributed by atoms with Gasteiger partial charge in [-0.1, -0.05) is 28.1 Å². The predicted molar refractivity (Wildman–Crippen MR) is 83.1 cm³/mol. The summed E-state index contributed by atoms with van der Waals surface area (Å²) in [5.41, 5.74) is -0.228. The van der Waals surface area contributed by atoms with Crippen LogP contribution in [0.1, 0.15) is 32.3 Å². The van der Waals surface area contributed by atoms with Crippen molar-refractivity contribution in [2.45, 2.75) is 44.5 Å². The molecule has 120 valence electrons. The van der Waals surface area contributed by atoms with E-state index >= 15 is 0 Å². The van der Waals surface area contributed by atoms with E-state index in [0.29, 0.717) is 6.42 Å². The molecule has 6 heteroatoms. The number of carbonyl (C=O) groups excluding carboxylic acids is 2. The van der Waals surface area contributed by atoms with Crippen LogP contribution < -0.4 is 0 Å². The monoisotopic (exact) mass is 370 g/mol. The van der Waals surface area contributed by atoms with Crippen molar-refractivity contribution >= 4 is 27.9 Å². The van der Waals surface area contributed by atoms with Gasteiger partial charge >= 0.3 is 11.9 Å². The third-order valence-electron chi connectivity index (χ3n) is 3.52. The number of carbonyl (C=O) groups is 2. The lowest BCUT2D eigenvalue weighted by Gasteiger charge is -2.26. The van der Waals surface area contributed by atoms with E-state index in [4.69, 9.17) is 9.47 Å². The van der Waals surface area contributed by atoms with Crippen molar-refractivity contribution in [1.29, 1.82) is 0 Å². The van der Waals surface area contributed by atoms with Crippen LogP contribution in [0.15, 0.2) is 28.7 Å². The van der Waals surface area contributed by atoms with E-state index in [0.717, 1.165) is 10.0 Å². The average molecular weight is 371 g/mol. The number of halogens is 1. The number of hydrogen-bond donors (Lipinski definition) is 0. The quantitative estimate of drug-likeness (QED) is 0.745. The van der Waals surface area contributed by atoms with Gasteiger partial charge in [-0.05, 0) is 24.1 Å². The van der Waals surface area contributed by atoms with Crippen LogP contribution in [0.2, 0.25) is 0 Å². The molecule has 0 radical (unpaired) electrons. The van der Waals surface area contributed by atoms with Gasteiger partial charge in [0.2, 0.25) is 5.79 Å². The lowest BCUT2D eigenvalue weighted by Crippen LogP contribution is -2.40. The van der Waals surface area contributed by atoms with E-state index < -0.39 is 17.4 Å². The molecule has 1 heterocycles. The first-order chi connectivity index (χ1) is 10.3. The second-order valence-corrected chi connectivity index (χ2v) is 6.68. The highest BCUT2D eigenvalue weighted by Crippen LogP contribution is 2.38. The summed E-state index contributed by atoms with van der Waals surface area (Å²) in [6.45, 7) is 3.37. The molecule has 1 fully saturated rings. The Kier molecular flexibility index (Phi) is 4.92. The van der Waals surface area contributed by atoms with Gasteiger partial charge in [-0.15, -0.1) is 0 Å². The maximum atomic E-state index is 12.4. The zero-order chi connectivity index (χ0) is 16.4. The summed E-state index contributed by atoms with van der Waals surface area (Å²) in [6.07, 6.45) is 0.662. The van der Waals surface area contributed by atoms with Crippen LogP contribution in [0.4, 0.5) is 0 Å². The smallest absolute Gasteiger partial charge is 0.341 e. The van der Waals surface area contributed by atoms with Gasteiger partial charge in [0.15, 0.2) is 5.60 Å². The molecule has 1 aromatic rings. The summed E-state index contributed by atoms with van der Waals surface area (Å²) >= 11 is 3.38. The van der Waals surface area contributed by atoms with Gasteiger partial charge in [0.05, 0.1) is 7.11 Å². The second-order valence-electron chi connectivity index (χ2n) is 5.77. The molecular formula is C16H19BrO5. The Labute approximate surface area is 138 Å². The predicted octanol–water partition coefficient (Wildman–Crippen LogP) is 2.99. The maximum absolute atomic E-state index is 12.4. The number of methoxy groups -OCH3 is 1. The van der Waals surface area contributed by atoms with Crippen molar-refractivity contribution in [3.05, 3.63) is 34.3 Å². The molecule has 0 amide bonds. The summed E-state index contributed by atoms with van der Waals surface area (Å²) < 4.78 is 16.8. The zero-order valence-corrected chi connectivity index (χ0v) is 14.4. The first-order valence-corrected chi connectivity index (χ1v) is 7.80. The van der Waals surface area contributed by atoms with Crippen LogP contribution in [0.5, 0.6) is 0 Å². The molecule has 2 rings (SSSR count). The lowest BCUT2D eigenvalue weighted by molar-refractivity contribution is -0.168. The third-order valence-corrected chi connectivity index (χ3v) is 4.04. The Morgan fingerprint density at radius 1 is 1.27 bits per heavy atom. The number of rotatable bonds is 5. The number of cyclic esters (lactones) is 1. The van der Waals surface area contributed by atoms with Crippen molar-refractivity contribution in [3.8, 4) is 0 Å². The third kappa shape index (κ3) is 3.87. The minimum atomic E-state index is -1.16. The van der Waals surface area contributed by atoms with Crippen molar-refractivity contribution < 1.29 is 23.8 Å². The largest absolute Gasteiger partial charge is 0.469 e. The summed E-state index contributed by atoms with van der Waals surface area (Å²) in [5.74, 6) is -1.82. The van der Waals surface area contributed by atoms with E-state index in [9.17, 15) is 9.59 Å². The van der Waals surface area contributed by atoms with Gasteiger partial charge in [0.1, 0.15) is 0 Å². The molecule has 5 nitrogen and oxygen atoms in total. The van der Waals surface area contributed by atoms with Crippen LogP contribution in [-0.4, -0.2) is 30.4 Å². The highest BCUT2D eigenvalue weighted by molar-refractivity contribution is 9.10. The Morgan fingerprint density at radius 2 is 1.91 bits per heavy atom. The topological polar surface area (TPSA) is 61.8 Å². The normalized spacial score (nSPS) is 23.2. The molecule has 1 saturated heterocycles. The summed E-state index contributed by atoms with van der Waals surface area (Å²) in [7, 11) is 1.32. The molecule has 0 N–H and O–H groups in total. The van der Waals surface area contributed by atoms with Gasteiger partial charge in [-0.3, -0.25) is 4.79 Å². The second kappa shape index (κ2) is 6.38. The van der Waals surface area contributed by atoms with Crippen LogP contribution in [0, 0.1) is 0 Å². The standard InChI is InChI=1S/C16H19BrO5/c1-15(2)21-14(19)16(22-15,9-8-13(18)20-3)10-11-4-6-12(17)7-5-11/h4-7H,8-10H2,1-3H3. The SMILES string of the molecule is COC(=O)CCC1(Cc2ccc(Br)cc2)OC(C)(C)OC1=O. The van der Waals surface area contributed by atoms with Crippen molar-refractivity contribution in [3.63, 3.8) is 0 Å². The summed E-state index contributed by atoms with van der Waals surface area (Å²) in [4.78, 5) is 23.8. The number of benzene rings is 1. The number of esters is 2. The highest BCUT2D eigenvalue weighted by atomic mass is 79.9. The van der Waals surface area contributed by atoms with E-state index in [-0.39, 0.29) is 18.8 Å². The molecule has 0 saturated carbocycles. The fraction of sp³-hybridized carbons (Fsp3) is 0.500. The van der Waals surface area contributed by atoms with Crippen LogP contribution >= 0.6 is 15.9 Å². The fourth-order valence-electron chi connectivity index (χ4n) is 2.54. The van der Waals surface area contributed by atoms with Gasteiger partial charge < -0.3 is 14.2 Å². The Morgan fingerprint density at radius 3 is 2.41 bits per heavy atom. The van der Waals surface area contributed by atoms with E-state index in [2.05, 4.69) is 20.7 Å². The molecule has 0 aromatic heterocycles. The van der Waals surface area contributed by atoms with Crippen LogP contribution in [0.3, 0.4) is 0 Å². The minimum Gasteiger partial charge on any atom is -0.469 e. The van der Waals surface area contributed by atoms with Gasteiger partial charge in [0.25, 0.3) is 0 Å². The van der Waals surface area contributed by atoms with E-state index in [1.54, 1.807) is 13.8 Å². The van der Waals surface area contributed by atoms with E-state index in [1.165, 1.54) is 7.11 Å². The molecule has 0 aliphatic carbocycles. The molecule has 1 aliphatic heterocycles. The highest BCUT2D eigenvalue weighted by Gasteiger charge is 2.53. The molecule has 22 heavy (non-hydrogen) atoms. The molecule has 1 atom stereocenters. The maximum Gasteiger partial charge on any atom is 0.341 e. The minimum absolute atomic E-state index is 0.0954. The van der Waals surface area contributed by atoms with Gasteiger partial charge in [-0.2, -0.15) is 0 Å².